The Balaban J connectivity index is 0.000000878. The van der Waals surface area contributed by atoms with Gasteiger partial charge in [0.05, 0.1) is 6.61 Å². The van der Waals surface area contributed by atoms with Crippen LogP contribution >= 0.6 is 0 Å². The molecule has 6 aromatic rings. The molecule has 0 fully saturated rings. The molecule has 0 saturated carbocycles. The van der Waals surface area contributed by atoms with Crippen molar-refractivity contribution in [2.24, 2.45) is 0 Å². The maximum absolute atomic E-state index is 10.7. The van der Waals surface area contributed by atoms with E-state index in [4.69, 9.17) is 36.7 Å². The van der Waals surface area contributed by atoms with Gasteiger partial charge in [-0.15, -0.1) is 0 Å². The minimum atomic E-state index is -5.84. The van der Waals surface area contributed by atoms with Crippen LogP contribution in [0.15, 0.2) is 130 Å². The van der Waals surface area contributed by atoms with Crippen LogP contribution in [0.1, 0.15) is 88.6 Å². The molecule has 0 aliphatic carbocycles. The van der Waals surface area contributed by atoms with Gasteiger partial charge >= 0.3 is 15.6 Å². The first-order valence-electron chi connectivity index (χ1n) is 20.9. The van der Waals surface area contributed by atoms with E-state index in [1.54, 1.807) is 0 Å². The fraction of sp³-hybridized carbons (Fsp3) is 0.373. The molecule has 0 heterocycles. The van der Waals surface area contributed by atoms with E-state index in [0.717, 1.165) is 26.9 Å². The highest BCUT2D eigenvalue weighted by molar-refractivity contribution is 7.97. The second kappa shape index (κ2) is 19.2. The molecule has 13 heteroatoms. The summed E-state index contributed by atoms with van der Waals surface area (Å²) in [5.74, 6) is 3.64. The predicted octanol–water partition coefficient (Wildman–Crippen LogP) is 13.8. The van der Waals surface area contributed by atoms with E-state index < -0.39 is 48.9 Å². The van der Waals surface area contributed by atoms with Gasteiger partial charge in [0.1, 0.15) is 33.3 Å². The van der Waals surface area contributed by atoms with Crippen LogP contribution < -0.4 is 23.7 Å². The molecule has 6 rings (SSSR count). The summed E-state index contributed by atoms with van der Waals surface area (Å²) in [6, 6.07) is 40.7. The summed E-state index contributed by atoms with van der Waals surface area (Å²) in [7, 11) is -6.49. The van der Waals surface area contributed by atoms with Crippen LogP contribution in [0.5, 0.6) is 28.7 Å². The van der Waals surface area contributed by atoms with Crippen LogP contribution in [0.25, 0.3) is 21.5 Å². The number of halogens is 3. The van der Waals surface area contributed by atoms with Gasteiger partial charge < -0.3 is 23.7 Å². The van der Waals surface area contributed by atoms with Gasteiger partial charge in [-0.3, -0.25) is 4.55 Å². The summed E-state index contributed by atoms with van der Waals surface area (Å²) in [4.78, 5) is 3.19. The number of fused-ring (bicyclic) bond motifs is 2. The van der Waals surface area contributed by atoms with Crippen molar-refractivity contribution in [3.05, 3.63) is 121 Å². The summed E-state index contributed by atoms with van der Waals surface area (Å²) < 4.78 is 90.5. The highest BCUT2D eigenvalue weighted by atomic mass is 32.2. The van der Waals surface area contributed by atoms with Crippen LogP contribution in [0.3, 0.4) is 0 Å². The van der Waals surface area contributed by atoms with Crippen molar-refractivity contribution in [2.75, 3.05) is 6.61 Å². The van der Waals surface area contributed by atoms with Crippen molar-refractivity contribution in [2.45, 2.75) is 132 Å². The average molecular weight is 922 g/mol. The summed E-state index contributed by atoms with van der Waals surface area (Å²) in [6.07, 6.45) is 0.766. The van der Waals surface area contributed by atoms with E-state index in [9.17, 15) is 13.2 Å². The van der Waals surface area contributed by atoms with E-state index in [1.807, 2.05) is 18.2 Å². The van der Waals surface area contributed by atoms with Gasteiger partial charge in [-0.2, -0.15) is 21.6 Å². The van der Waals surface area contributed by atoms with E-state index in [1.165, 1.54) is 27.1 Å². The van der Waals surface area contributed by atoms with Gasteiger partial charge in [0.15, 0.2) is 38.5 Å². The smallest absolute Gasteiger partial charge is 0.488 e. The Kier molecular flexibility index (Phi) is 14.9. The Morgan fingerprint density at radius 2 is 0.922 bits per heavy atom. The lowest BCUT2D eigenvalue weighted by atomic mass is 9.98. The molecule has 0 radical (unpaired) electrons. The van der Waals surface area contributed by atoms with Gasteiger partial charge in [0, 0.05) is 18.6 Å². The van der Waals surface area contributed by atoms with Gasteiger partial charge in [0.2, 0.25) is 4.90 Å². The van der Waals surface area contributed by atoms with E-state index >= 15 is 0 Å². The third kappa shape index (κ3) is 14.2. The molecule has 64 heavy (non-hydrogen) atoms. The Bertz CT molecular complexity index is 2590. The predicted molar refractivity (Wildman–Crippen MR) is 251 cm³/mol. The van der Waals surface area contributed by atoms with E-state index in [2.05, 4.69) is 180 Å². The third-order valence-corrected chi connectivity index (χ3v) is 11.6. The maximum Gasteiger partial charge on any atom is 0.522 e. The topological polar surface area (TPSA) is 101 Å². The minimum absolute atomic E-state index is 0.404. The molecule has 344 valence electrons. The Morgan fingerprint density at radius 3 is 1.39 bits per heavy atom. The molecule has 0 amide bonds. The average Bonchev–Trinajstić information content (AvgIpc) is 3.14. The largest absolute Gasteiger partial charge is 0.522 e. The fourth-order valence-corrected chi connectivity index (χ4v) is 8.71. The zero-order valence-corrected chi connectivity index (χ0v) is 40.3. The lowest BCUT2D eigenvalue weighted by Gasteiger charge is -2.28. The standard InChI is InChI=1S/C50H59O5S.CHF3O3S/c1-47(2,3)52-41-26-24-38(32-44(41)54-49(7,8)9)56(39-25-27-42(53-48(4,5)6)45(33-39)55-50(10,11)12)46-23-16-15-22-43(46)51-29-28-34-20-17-21-37-30-35-18-13-14-19-36(35)31-40(34)37;2-1(3,4)8(5,6)7/h13-27,30-33H,28-29H2,1-12H3;(H,5,6,7)/q+1;. The van der Waals surface area contributed by atoms with Crippen molar-refractivity contribution >= 4 is 42.6 Å². The van der Waals surface area contributed by atoms with Crippen LogP contribution in [-0.2, 0) is 27.4 Å². The van der Waals surface area contributed by atoms with Gasteiger partial charge in [0.25, 0.3) is 0 Å². The van der Waals surface area contributed by atoms with Gasteiger partial charge in [-0.1, -0.05) is 54.6 Å². The SMILES string of the molecule is CC(C)(C)Oc1ccc([S+](c2ccc(OC(C)(C)C)c(OC(C)(C)C)c2)c2ccccc2OCCc2cccc3cc4ccccc4cc23)cc1OC(C)(C)C.O=S(=O)(O)C(F)(F)F. The van der Waals surface area contributed by atoms with Crippen LogP contribution in [0.4, 0.5) is 13.2 Å². The van der Waals surface area contributed by atoms with Gasteiger partial charge in [-0.05, 0) is 159 Å². The zero-order chi connectivity index (χ0) is 47.5. The molecule has 0 bridgehead atoms. The van der Waals surface area contributed by atoms with E-state index in [-0.39, 0.29) is 0 Å². The molecule has 8 nitrogen and oxygen atoms in total. The summed E-state index contributed by atoms with van der Waals surface area (Å²) in [5.41, 5.74) is -5.96. The number of hydrogen-bond acceptors (Lipinski definition) is 7. The fourth-order valence-electron chi connectivity index (χ4n) is 6.53. The molecule has 0 unspecified atom stereocenters. The molecule has 0 saturated heterocycles. The van der Waals surface area contributed by atoms with Crippen LogP contribution in [0, 0.1) is 0 Å². The Morgan fingerprint density at radius 1 is 0.500 bits per heavy atom. The monoisotopic (exact) mass is 921 g/mol. The number of ether oxygens (including phenoxy) is 5. The first-order chi connectivity index (χ1) is 29.5. The van der Waals surface area contributed by atoms with Crippen molar-refractivity contribution in [1.29, 1.82) is 0 Å². The zero-order valence-electron chi connectivity index (χ0n) is 38.6. The maximum atomic E-state index is 10.7. The van der Waals surface area contributed by atoms with Crippen LogP contribution in [-0.4, -0.2) is 47.5 Å². The molecule has 1 N–H and O–H groups in total. The number of para-hydroxylation sites is 1. The first kappa shape index (κ1) is 49.9. The van der Waals surface area contributed by atoms with Gasteiger partial charge in [-0.25, -0.2) is 0 Å². The van der Waals surface area contributed by atoms with Crippen molar-refractivity contribution in [1.82, 2.24) is 0 Å². The number of hydrogen-bond donors (Lipinski definition) is 1. The molecular weight excluding hydrogens is 862 g/mol. The molecule has 0 aromatic heterocycles. The molecule has 0 spiro atoms. The summed E-state index contributed by atoms with van der Waals surface area (Å²) in [6.45, 7) is 25.2. The second-order valence-electron chi connectivity index (χ2n) is 19.2. The normalized spacial score (nSPS) is 12.8. The number of alkyl halides is 3. The molecule has 0 aliphatic heterocycles. The van der Waals surface area contributed by atoms with Crippen molar-refractivity contribution < 1.29 is 49.8 Å². The lowest BCUT2D eigenvalue weighted by Crippen LogP contribution is -2.27. The summed E-state index contributed by atoms with van der Waals surface area (Å²) in [5, 5.41) is 4.99. The quantitative estimate of drug-likeness (QED) is 0.0594. The molecule has 6 aromatic carbocycles. The number of benzene rings is 6. The van der Waals surface area contributed by atoms with Crippen molar-refractivity contribution in [3.8, 4) is 28.7 Å². The molecular formula is C51H60F3O8S2+. The Labute approximate surface area is 379 Å². The Hall–Kier alpha value is -5.11. The molecule has 0 aliphatic rings. The molecule has 0 atom stereocenters. The highest BCUT2D eigenvalue weighted by Gasteiger charge is 2.44. The minimum Gasteiger partial charge on any atom is -0.488 e. The lowest BCUT2D eigenvalue weighted by molar-refractivity contribution is -0.0510. The highest BCUT2D eigenvalue weighted by Crippen LogP contribution is 2.44. The number of rotatable bonds is 11. The van der Waals surface area contributed by atoms with Crippen LogP contribution in [0.2, 0.25) is 0 Å². The van der Waals surface area contributed by atoms with E-state index in [0.29, 0.717) is 29.6 Å². The first-order valence-corrected chi connectivity index (χ1v) is 23.6. The second-order valence-corrected chi connectivity index (χ2v) is 22.6. The van der Waals surface area contributed by atoms with Crippen molar-refractivity contribution in [3.63, 3.8) is 0 Å². The third-order valence-electron chi connectivity index (χ3n) is 8.79. The summed E-state index contributed by atoms with van der Waals surface area (Å²) >= 11 is 0.